The number of aliphatic hydroxyl groups excluding tert-OH is 1. The SMILES string of the molecule is CCC(CC)C(=O)NC1CCC(CO)CC1. The van der Waals surface area contributed by atoms with E-state index in [0.29, 0.717) is 18.6 Å². The van der Waals surface area contributed by atoms with Crippen molar-refractivity contribution in [2.45, 2.75) is 58.4 Å². The molecule has 0 atom stereocenters. The van der Waals surface area contributed by atoms with Gasteiger partial charge in [0.05, 0.1) is 0 Å². The van der Waals surface area contributed by atoms with Crippen LogP contribution in [0.3, 0.4) is 0 Å². The Morgan fingerprint density at radius 3 is 2.25 bits per heavy atom. The molecule has 94 valence electrons. The average molecular weight is 227 g/mol. The predicted octanol–water partition coefficient (Wildman–Crippen LogP) is 2.09. The highest BCUT2D eigenvalue weighted by molar-refractivity contribution is 5.78. The van der Waals surface area contributed by atoms with Crippen molar-refractivity contribution in [1.29, 1.82) is 0 Å². The van der Waals surface area contributed by atoms with Gasteiger partial charge in [0, 0.05) is 18.6 Å². The molecule has 16 heavy (non-hydrogen) atoms. The fourth-order valence-corrected chi connectivity index (χ4v) is 2.47. The second-order valence-electron chi connectivity index (χ2n) is 4.92. The van der Waals surface area contributed by atoms with Crippen molar-refractivity contribution >= 4 is 5.91 Å². The lowest BCUT2D eigenvalue weighted by Crippen LogP contribution is -2.41. The number of nitrogens with one attached hydrogen (secondary N) is 1. The minimum atomic E-state index is 0.176. The summed E-state index contributed by atoms with van der Waals surface area (Å²) in [7, 11) is 0. The number of hydrogen-bond donors (Lipinski definition) is 2. The molecule has 2 N–H and O–H groups in total. The largest absolute Gasteiger partial charge is 0.396 e. The van der Waals surface area contributed by atoms with Gasteiger partial charge in [0.25, 0.3) is 0 Å². The van der Waals surface area contributed by atoms with E-state index in [2.05, 4.69) is 19.2 Å². The lowest BCUT2D eigenvalue weighted by molar-refractivity contribution is -0.126. The van der Waals surface area contributed by atoms with E-state index >= 15 is 0 Å². The van der Waals surface area contributed by atoms with Crippen LogP contribution in [-0.4, -0.2) is 23.7 Å². The molecule has 1 aliphatic carbocycles. The number of rotatable bonds is 5. The molecule has 1 saturated carbocycles. The quantitative estimate of drug-likeness (QED) is 0.755. The summed E-state index contributed by atoms with van der Waals surface area (Å²) in [6.45, 7) is 4.43. The van der Waals surface area contributed by atoms with Gasteiger partial charge < -0.3 is 10.4 Å². The lowest BCUT2D eigenvalue weighted by Gasteiger charge is -2.29. The molecular weight excluding hydrogens is 202 g/mol. The number of carbonyl (C=O) groups excluding carboxylic acids is 1. The van der Waals surface area contributed by atoms with Gasteiger partial charge in [-0.15, -0.1) is 0 Å². The highest BCUT2D eigenvalue weighted by atomic mass is 16.3. The van der Waals surface area contributed by atoms with Crippen LogP contribution < -0.4 is 5.32 Å². The van der Waals surface area contributed by atoms with Crippen LogP contribution in [0.4, 0.5) is 0 Å². The summed E-state index contributed by atoms with van der Waals surface area (Å²) in [6, 6.07) is 0.343. The molecule has 0 saturated heterocycles. The fourth-order valence-electron chi connectivity index (χ4n) is 2.47. The highest BCUT2D eigenvalue weighted by Crippen LogP contribution is 2.24. The summed E-state index contributed by atoms with van der Waals surface area (Å²) in [5, 5.41) is 12.2. The Morgan fingerprint density at radius 2 is 1.81 bits per heavy atom. The van der Waals surface area contributed by atoms with Crippen LogP contribution in [0, 0.1) is 11.8 Å². The van der Waals surface area contributed by atoms with Gasteiger partial charge in [-0.1, -0.05) is 13.8 Å². The predicted molar refractivity (Wildman–Crippen MR) is 65.0 cm³/mol. The van der Waals surface area contributed by atoms with Gasteiger partial charge in [-0.2, -0.15) is 0 Å². The Bertz CT molecular complexity index is 206. The van der Waals surface area contributed by atoms with E-state index in [9.17, 15) is 4.79 Å². The Balaban J connectivity index is 2.30. The lowest BCUT2D eigenvalue weighted by atomic mass is 9.86. The van der Waals surface area contributed by atoms with Crippen LogP contribution in [0.2, 0.25) is 0 Å². The number of carbonyl (C=O) groups is 1. The van der Waals surface area contributed by atoms with E-state index in [1.165, 1.54) is 0 Å². The standard InChI is InChI=1S/C13H25NO2/c1-3-11(4-2)13(16)14-12-7-5-10(9-15)6-8-12/h10-12,15H,3-9H2,1-2H3,(H,14,16). The minimum absolute atomic E-state index is 0.176. The number of hydrogen-bond acceptors (Lipinski definition) is 2. The molecule has 0 spiro atoms. The van der Waals surface area contributed by atoms with Crippen molar-refractivity contribution in [2.75, 3.05) is 6.61 Å². The van der Waals surface area contributed by atoms with Gasteiger partial charge in [-0.25, -0.2) is 0 Å². The van der Waals surface area contributed by atoms with Crippen LogP contribution in [0.25, 0.3) is 0 Å². The first-order valence-corrected chi connectivity index (χ1v) is 6.62. The second-order valence-corrected chi connectivity index (χ2v) is 4.92. The van der Waals surface area contributed by atoms with Gasteiger partial charge in [-0.05, 0) is 44.4 Å². The van der Waals surface area contributed by atoms with E-state index in [0.717, 1.165) is 38.5 Å². The van der Waals surface area contributed by atoms with E-state index in [1.54, 1.807) is 0 Å². The third-order valence-corrected chi connectivity index (χ3v) is 3.81. The van der Waals surface area contributed by atoms with Crippen LogP contribution in [0.1, 0.15) is 52.4 Å². The van der Waals surface area contributed by atoms with Crippen molar-refractivity contribution in [1.82, 2.24) is 5.32 Å². The first kappa shape index (κ1) is 13.5. The number of amides is 1. The van der Waals surface area contributed by atoms with E-state index in [4.69, 9.17) is 5.11 Å². The molecule has 0 aromatic heterocycles. The summed E-state index contributed by atoms with van der Waals surface area (Å²) in [4.78, 5) is 11.9. The van der Waals surface area contributed by atoms with Crippen molar-refractivity contribution in [3.8, 4) is 0 Å². The van der Waals surface area contributed by atoms with E-state index < -0.39 is 0 Å². The molecule has 0 heterocycles. The van der Waals surface area contributed by atoms with Crippen molar-refractivity contribution in [3.63, 3.8) is 0 Å². The van der Waals surface area contributed by atoms with Crippen LogP contribution in [0.15, 0.2) is 0 Å². The third-order valence-electron chi connectivity index (χ3n) is 3.81. The summed E-state index contributed by atoms with van der Waals surface area (Å²) >= 11 is 0. The maximum Gasteiger partial charge on any atom is 0.223 e. The molecule has 0 bridgehead atoms. The van der Waals surface area contributed by atoms with Crippen LogP contribution >= 0.6 is 0 Å². The molecule has 1 rings (SSSR count). The molecule has 0 aromatic rings. The van der Waals surface area contributed by atoms with Gasteiger partial charge >= 0.3 is 0 Å². The molecule has 0 aliphatic heterocycles. The molecule has 3 nitrogen and oxygen atoms in total. The summed E-state index contributed by atoms with van der Waals surface area (Å²) in [5.41, 5.74) is 0. The Kier molecular flexibility index (Phi) is 5.81. The average Bonchev–Trinajstić information content (AvgIpc) is 2.31. The van der Waals surface area contributed by atoms with Crippen LogP contribution in [0.5, 0.6) is 0 Å². The molecular formula is C13H25NO2. The van der Waals surface area contributed by atoms with Crippen molar-refractivity contribution in [3.05, 3.63) is 0 Å². The molecule has 0 unspecified atom stereocenters. The van der Waals surface area contributed by atoms with Gasteiger partial charge in [0.15, 0.2) is 0 Å². The molecule has 0 radical (unpaired) electrons. The van der Waals surface area contributed by atoms with E-state index in [-0.39, 0.29) is 11.8 Å². The highest BCUT2D eigenvalue weighted by Gasteiger charge is 2.23. The Morgan fingerprint density at radius 1 is 1.25 bits per heavy atom. The zero-order chi connectivity index (χ0) is 12.0. The normalized spacial score (nSPS) is 25.8. The molecule has 1 amide bonds. The molecule has 1 aliphatic rings. The maximum atomic E-state index is 11.9. The van der Waals surface area contributed by atoms with Gasteiger partial charge in [0.1, 0.15) is 0 Å². The maximum absolute atomic E-state index is 11.9. The first-order valence-electron chi connectivity index (χ1n) is 6.62. The zero-order valence-electron chi connectivity index (χ0n) is 10.5. The zero-order valence-corrected chi connectivity index (χ0v) is 10.5. The Labute approximate surface area is 98.6 Å². The topological polar surface area (TPSA) is 49.3 Å². The Hall–Kier alpha value is -0.570. The summed E-state index contributed by atoms with van der Waals surface area (Å²) < 4.78 is 0. The summed E-state index contributed by atoms with van der Waals surface area (Å²) in [6.07, 6.45) is 5.99. The second kappa shape index (κ2) is 6.89. The van der Waals surface area contributed by atoms with Crippen molar-refractivity contribution in [2.24, 2.45) is 11.8 Å². The number of aliphatic hydroxyl groups is 1. The van der Waals surface area contributed by atoms with E-state index in [1.807, 2.05) is 0 Å². The first-order chi connectivity index (χ1) is 7.71. The smallest absolute Gasteiger partial charge is 0.223 e. The monoisotopic (exact) mass is 227 g/mol. The summed E-state index contributed by atoms with van der Waals surface area (Å²) in [5.74, 6) is 0.856. The minimum Gasteiger partial charge on any atom is -0.396 e. The third kappa shape index (κ3) is 3.78. The fraction of sp³-hybridized carbons (Fsp3) is 0.923. The van der Waals surface area contributed by atoms with Crippen molar-refractivity contribution < 1.29 is 9.90 Å². The molecule has 0 aromatic carbocycles. The van der Waals surface area contributed by atoms with Crippen LogP contribution in [-0.2, 0) is 4.79 Å². The van der Waals surface area contributed by atoms with Gasteiger partial charge in [0.2, 0.25) is 5.91 Å². The van der Waals surface area contributed by atoms with Gasteiger partial charge in [-0.3, -0.25) is 4.79 Å². The molecule has 3 heteroatoms. The molecule has 1 fully saturated rings.